The molecule has 130 valence electrons. The molecule has 0 saturated carbocycles. The predicted molar refractivity (Wildman–Crippen MR) is 92.3 cm³/mol. The first-order valence-electron chi connectivity index (χ1n) is 8.14. The molecule has 25 heavy (non-hydrogen) atoms. The second-order valence-corrected chi connectivity index (χ2v) is 5.77. The number of rotatable bonds is 6. The fourth-order valence-corrected chi connectivity index (χ4v) is 2.68. The van der Waals surface area contributed by atoms with Crippen LogP contribution in [-0.4, -0.2) is 30.8 Å². The summed E-state index contributed by atoms with van der Waals surface area (Å²) in [7, 11) is 0. The second kappa shape index (κ2) is 7.65. The molecule has 3 rings (SSSR count). The van der Waals surface area contributed by atoms with Gasteiger partial charge in [0.25, 0.3) is 5.91 Å². The predicted octanol–water partition coefficient (Wildman–Crippen LogP) is 2.17. The standard InChI is InChI=1S/C18H19N3O4/c22-16(6-8-19-18(24)13-7-10-25-12-13)20-14-3-1-4-15(11-14)21-9-2-5-17(21)23/h1,3-4,7,10-12H,2,5-6,8-9H2,(H,19,24)(H,20,22). The van der Waals surface area contributed by atoms with Crippen molar-refractivity contribution < 1.29 is 18.8 Å². The van der Waals surface area contributed by atoms with Gasteiger partial charge in [0.05, 0.1) is 11.8 Å². The minimum Gasteiger partial charge on any atom is -0.472 e. The van der Waals surface area contributed by atoms with E-state index >= 15 is 0 Å². The molecule has 0 spiro atoms. The van der Waals surface area contributed by atoms with Gasteiger partial charge in [0, 0.05) is 37.3 Å². The summed E-state index contributed by atoms with van der Waals surface area (Å²) in [5.74, 6) is -0.390. The van der Waals surface area contributed by atoms with E-state index in [1.54, 1.807) is 29.2 Å². The normalized spacial score (nSPS) is 13.8. The van der Waals surface area contributed by atoms with Crippen molar-refractivity contribution in [3.05, 3.63) is 48.4 Å². The maximum Gasteiger partial charge on any atom is 0.254 e. The maximum atomic E-state index is 12.0. The van der Waals surface area contributed by atoms with Crippen LogP contribution in [-0.2, 0) is 9.59 Å². The van der Waals surface area contributed by atoms with Crippen LogP contribution in [0.2, 0.25) is 0 Å². The van der Waals surface area contributed by atoms with Gasteiger partial charge in [-0.15, -0.1) is 0 Å². The highest BCUT2D eigenvalue weighted by atomic mass is 16.3. The van der Waals surface area contributed by atoms with E-state index in [0.717, 1.165) is 12.1 Å². The monoisotopic (exact) mass is 341 g/mol. The summed E-state index contributed by atoms with van der Waals surface area (Å²) in [4.78, 5) is 37.3. The van der Waals surface area contributed by atoms with Crippen LogP contribution in [0.15, 0.2) is 47.3 Å². The van der Waals surface area contributed by atoms with E-state index in [2.05, 4.69) is 10.6 Å². The van der Waals surface area contributed by atoms with Gasteiger partial charge in [0.2, 0.25) is 11.8 Å². The third-order valence-corrected chi connectivity index (χ3v) is 3.94. The Morgan fingerprint density at radius 2 is 2.12 bits per heavy atom. The van der Waals surface area contributed by atoms with Crippen molar-refractivity contribution in [2.45, 2.75) is 19.3 Å². The maximum absolute atomic E-state index is 12.0. The first-order valence-corrected chi connectivity index (χ1v) is 8.14. The summed E-state index contributed by atoms with van der Waals surface area (Å²) < 4.78 is 4.83. The summed E-state index contributed by atoms with van der Waals surface area (Å²) in [6.45, 7) is 0.927. The number of furan rings is 1. The average molecular weight is 341 g/mol. The van der Waals surface area contributed by atoms with Gasteiger partial charge < -0.3 is 20.0 Å². The van der Waals surface area contributed by atoms with Gasteiger partial charge in [-0.3, -0.25) is 14.4 Å². The topological polar surface area (TPSA) is 91.7 Å². The number of anilines is 2. The molecule has 0 aliphatic carbocycles. The first kappa shape index (κ1) is 16.8. The Bertz CT molecular complexity index is 770. The Balaban J connectivity index is 1.49. The number of carbonyl (C=O) groups is 3. The highest BCUT2D eigenvalue weighted by molar-refractivity contribution is 5.97. The van der Waals surface area contributed by atoms with Gasteiger partial charge in [0.1, 0.15) is 6.26 Å². The molecule has 2 aromatic rings. The molecule has 2 N–H and O–H groups in total. The number of nitrogens with one attached hydrogen (secondary N) is 2. The zero-order chi connectivity index (χ0) is 17.6. The van der Waals surface area contributed by atoms with Gasteiger partial charge >= 0.3 is 0 Å². The zero-order valence-corrected chi connectivity index (χ0v) is 13.7. The van der Waals surface area contributed by atoms with Crippen molar-refractivity contribution in [1.82, 2.24) is 5.32 Å². The van der Waals surface area contributed by atoms with E-state index in [-0.39, 0.29) is 30.7 Å². The van der Waals surface area contributed by atoms with Crippen molar-refractivity contribution in [1.29, 1.82) is 0 Å². The first-order chi connectivity index (χ1) is 12.1. The van der Waals surface area contributed by atoms with Crippen LogP contribution < -0.4 is 15.5 Å². The molecule has 1 aromatic carbocycles. The SMILES string of the molecule is O=C(CCNC(=O)c1ccoc1)Nc1cccc(N2CCCC2=O)c1. The van der Waals surface area contributed by atoms with E-state index < -0.39 is 0 Å². The molecule has 7 heteroatoms. The van der Waals surface area contributed by atoms with Crippen molar-refractivity contribution in [3.63, 3.8) is 0 Å². The van der Waals surface area contributed by atoms with Crippen LogP contribution in [0.25, 0.3) is 0 Å². The van der Waals surface area contributed by atoms with Crippen molar-refractivity contribution in [3.8, 4) is 0 Å². The number of hydrogen-bond acceptors (Lipinski definition) is 4. The lowest BCUT2D eigenvalue weighted by Crippen LogP contribution is -2.27. The molecule has 3 amide bonds. The Morgan fingerprint density at radius 3 is 2.84 bits per heavy atom. The van der Waals surface area contributed by atoms with E-state index in [4.69, 9.17) is 4.42 Å². The lowest BCUT2D eigenvalue weighted by atomic mass is 10.2. The molecule has 1 fully saturated rings. The van der Waals surface area contributed by atoms with Crippen LogP contribution in [0.3, 0.4) is 0 Å². The van der Waals surface area contributed by atoms with Crippen LogP contribution in [0.1, 0.15) is 29.6 Å². The Hall–Kier alpha value is -3.09. The smallest absolute Gasteiger partial charge is 0.254 e. The second-order valence-electron chi connectivity index (χ2n) is 5.77. The van der Waals surface area contributed by atoms with Crippen molar-refractivity contribution in [2.24, 2.45) is 0 Å². The highest BCUT2D eigenvalue weighted by Gasteiger charge is 2.21. The van der Waals surface area contributed by atoms with E-state index in [1.807, 2.05) is 6.07 Å². The molecule has 7 nitrogen and oxygen atoms in total. The van der Waals surface area contributed by atoms with E-state index in [1.165, 1.54) is 12.5 Å². The van der Waals surface area contributed by atoms with Crippen LogP contribution >= 0.6 is 0 Å². The molecule has 1 aliphatic rings. The summed E-state index contributed by atoms with van der Waals surface area (Å²) >= 11 is 0. The largest absolute Gasteiger partial charge is 0.472 e. The minimum atomic E-state index is -0.281. The summed E-state index contributed by atoms with van der Waals surface area (Å²) in [5, 5.41) is 5.43. The molecule has 2 heterocycles. The highest BCUT2D eigenvalue weighted by Crippen LogP contribution is 2.24. The van der Waals surface area contributed by atoms with Gasteiger partial charge in [-0.2, -0.15) is 0 Å². The summed E-state index contributed by atoms with van der Waals surface area (Å²) in [5.41, 5.74) is 1.83. The fraction of sp³-hybridized carbons (Fsp3) is 0.278. The van der Waals surface area contributed by atoms with Crippen molar-refractivity contribution >= 4 is 29.1 Å². The molecule has 0 atom stereocenters. The van der Waals surface area contributed by atoms with E-state index in [0.29, 0.717) is 24.2 Å². The quantitative estimate of drug-likeness (QED) is 0.842. The van der Waals surface area contributed by atoms with Crippen LogP contribution in [0.4, 0.5) is 11.4 Å². The van der Waals surface area contributed by atoms with Gasteiger partial charge in [-0.1, -0.05) is 6.07 Å². The molecular weight excluding hydrogens is 322 g/mol. The lowest BCUT2D eigenvalue weighted by molar-refractivity contribution is -0.117. The minimum absolute atomic E-state index is 0.102. The Kier molecular flexibility index (Phi) is 5.13. The molecule has 0 bridgehead atoms. The van der Waals surface area contributed by atoms with Gasteiger partial charge in [-0.05, 0) is 30.7 Å². The lowest BCUT2D eigenvalue weighted by Gasteiger charge is -2.16. The summed E-state index contributed by atoms with van der Waals surface area (Å²) in [6.07, 6.45) is 4.33. The fourth-order valence-electron chi connectivity index (χ4n) is 2.68. The average Bonchev–Trinajstić information content (AvgIpc) is 3.26. The molecule has 1 aromatic heterocycles. The third-order valence-electron chi connectivity index (χ3n) is 3.94. The van der Waals surface area contributed by atoms with Gasteiger partial charge in [0.15, 0.2) is 0 Å². The molecule has 0 unspecified atom stereocenters. The Labute approximate surface area is 145 Å². The van der Waals surface area contributed by atoms with Crippen molar-refractivity contribution in [2.75, 3.05) is 23.3 Å². The van der Waals surface area contributed by atoms with Crippen LogP contribution in [0.5, 0.6) is 0 Å². The number of benzene rings is 1. The molecule has 1 aliphatic heterocycles. The number of hydrogen-bond donors (Lipinski definition) is 2. The summed E-state index contributed by atoms with van der Waals surface area (Å²) in [6, 6.07) is 8.76. The molecule has 0 radical (unpaired) electrons. The number of carbonyl (C=O) groups excluding carboxylic acids is 3. The van der Waals surface area contributed by atoms with E-state index in [9.17, 15) is 14.4 Å². The van der Waals surface area contributed by atoms with Crippen LogP contribution in [0, 0.1) is 0 Å². The third kappa shape index (κ3) is 4.26. The molecule has 1 saturated heterocycles. The Morgan fingerprint density at radius 1 is 1.24 bits per heavy atom. The van der Waals surface area contributed by atoms with Gasteiger partial charge in [-0.25, -0.2) is 0 Å². The zero-order valence-electron chi connectivity index (χ0n) is 13.7. The molecular formula is C18H19N3O4. The number of amides is 3. The number of nitrogens with zero attached hydrogens (tertiary/aromatic N) is 1.